The summed E-state index contributed by atoms with van der Waals surface area (Å²) in [6.07, 6.45) is -0.338. The molecule has 6 rings (SSSR count). The summed E-state index contributed by atoms with van der Waals surface area (Å²) in [6.45, 7) is 2.21. The molecule has 5 aromatic rings. The minimum atomic E-state index is -4.34. The number of benzene rings is 4. The van der Waals surface area contributed by atoms with E-state index in [2.05, 4.69) is 5.32 Å². The number of methoxy groups -OCH3 is 1. The normalized spacial score (nSPS) is 17.2. The maximum Gasteiger partial charge on any atom is 0.339 e. The van der Waals surface area contributed by atoms with Gasteiger partial charge in [-0.1, -0.05) is 54.1 Å². The smallest absolute Gasteiger partial charge is 0.339 e. The monoisotopic (exact) mass is 590 g/mol. The van der Waals surface area contributed by atoms with Gasteiger partial charge in [0, 0.05) is 10.4 Å². The van der Waals surface area contributed by atoms with Crippen molar-refractivity contribution in [3.05, 3.63) is 111 Å². The molecule has 0 aliphatic carbocycles. The number of pyridine rings is 1. The zero-order chi connectivity index (χ0) is 28.7. The SMILES string of the molecule is COc1ccc(Cn2c(=O)c(C3COC(C)N3)c(OS(=O)(=O)c3ccc4ccccc4c3)c3cc(Cl)ccc32)cc1. The number of halogens is 1. The highest BCUT2D eigenvalue weighted by molar-refractivity contribution is 7.87. The molecule has 210 valence electrons. The van der Waals surface area contributed by atoms with Gasteiger partial charge in [-0.25, -0.2) is 0 Å². The lowest BCUT2D eigenvalue weighted by Gasteiger charge is -2.21. The molecule has 41 heavy (non-hydrogen) atoms. The second kappa shape index (κ2) is 10.8. The van der Waals surface area contributed by atoms with Crippen molar-refractivity contribution in [2.24, 2.45) is 0 Å². The van der Waals surface area contributed by atoms with Gasteiger partial charge in [0.1, 0.15) is 16.9 Å². The molecule has 1 saturated heterocycles. The van der Waals surface area contributed by atoms with Gasteiger partial charge in [-0.2, -0.15) is 8.42 Å². The number of rotatable bonds is 7. The number of hydrogen-bond acceptors (Lipinski definition) is 7. The van der Waals surface area contributed by atoms with Crippen molar-refractivity contribution in [3.63, 3.8) is 0 Å². The Morgan fingerprint density at radius 2 is 1.76 bits per heavy atom. The number of nitrogens with zero attached hydrogens (tertiary/aromatic N) is 1. The average molecular weight is 591 g/mol. The zero-order valence-electron chi connectivity index (χ0n) is 22.3. The molecular formula is C31H27ClN2O6S. The Bertz CT molecular complexity index is 1940. The van der Waals surface area contributed by atoms with Crippen LogP contribution in [0, 0.1) is 0 Å². The average Bonchev–Trinajstić information content (AvgIpc) is 3.40. The Balaban J connectivity index is 1.54. The van der Waals surface area contributed by atoms with Crippen LogP contribution in [0.5, 0.6) is 11.5 Å². The number of nitrogens with one attached hydrogen (secondary N) is 1. The second-order valence-corrected chi connectivity index (χ2v) is 11.9. The van der Waals surface area contributed by atoms with Gasteiger partial charge in [-0.05, 0) is 65.7 Å². The van der Waals surface area contributed by atoms with E-state index < -0.39 is 21.7 Å². The number of hydrogen-bond donors (Lipinski definition) is 1. The van der Waals surface area contributed by atoms with Gasteiger partial charge in [-0.15, -0.1) is 0 Å². The molecule has 0 spiro atoms. The summed E-state index contributed by atoms with van der Waals surface area (Å²) >= 11 is 6.42. The number of fused-ring (bicyclic) bond motifs is 2. The second-order valence-electron chi connectivity index (χ2n) is 9.88. The summed E-state index contributed by atoms with van der Waals surface area (Å²) in [5.41, 5.74) is 1.10. The quantitative estimate of drug-likeness (QED) is 0.245. The molecule has 1 aliphatic rings. The lowest BCUT2D eigenvalue weighted by molar-refractivity contribution is 0.115. The van der Waals surface area contributed by atoms with Crippen molar-refractivity contribution in [3.8, 4) is 11.5 Å². The fourth-order valence-corrected chi connectivity index (χ4v) is 6.33. The van der Waals surface area contributed by atoms with Crippen LogP contribution in [0.25, 0.3) is 21.7 Å². The van der Waals surface area contributed by atoms with E-state index in [-0.39, 0.29) is 35.6 Å². The van der Waals surface area contributed by atoms with Gasteiger partial charge in [-0.3, -0.25) is 10.1 Å². The summed E-state index contributed by atoms with van der Waals surface area (Å²) < 4.78 is 45.9. The van der Waals surface area contributed by atoms with Crippen molar-refractivity contribution >= 4 is 43.4 Å². The van der Waals surface area contributed by atoms with Crippen LogP contribution in [0.1, 0.15) is 24.1 Å². The van der Waals surface area contributed by atoms with Gasteiger partial charge in [0.2, 0.25) is 0 Å². The van der Waals surface area contributed by atoms with Gasteiger partial charge < -0.3 is 18.2 Å². The largest absolute Gasteiger partial charge is 0.497 e. The maximum absolute atomic E-state index is 14.2. The standard InChI is InChI=1S/C31H27ClN2O6S/c1-19-33-27(18-39-19)29-30(40-41(36,37)25-13-9-21-5-3-4-6-22(21)15-25)26-16-23(32)10-14-28(26)34(31(29)35)17-20-7-11-24(38-2)12-8-20/h3-16,19,27,33H,17-18H2,1-2H3. The third kappa shape index (κ3) is 5.29. The van der Waals surface area contributed by atoms with E-state index in [1.165, 1.54) is 6.07 Å². The molecule has 0 radical (unpaired) electrons. The van der Waals surface area contributed by atoms with Crippen LogP contribution in [-0.2, 0) is 21.4 Å². The predicted molar refractivity (Wildman–Crippen MR) is 158 cm³/mol. The molecule has 0 amide bonds. The molecule has 1 aliphatic heterocycles. The van der Waals surface area contributed by atoms with Crippen molar-refractivity contribution in [2.75, 3.05) is 13.7 Å². The molecule has 10 heteroatoms. The maximum atomic E-state index is 14.2. The summed E-state index contributed by atoms with van der Waals surface area (Å²) in [5, 5.41) is 5.64. The summed E-state index contributed by atoms with van der Waals surface area (Å²) in [6, 6.07) is 24.0. The van der Waals surface area contributed by atoms with Crippen LogP contribution in [0.2, 0.25) is 5.02 Å². The first-order chi connectivity index (χ1) is 19.7. The molecule has 2 atom stereocenters. The molecule has 4 aromatic carbocycles. The molecule has 2 heterocycles. The Labute approximate surface area is 242 Å². The zero-order valence-corrected chi connectivity index (χ0v) is 23.9. The first-order valence-electron chi connectivity index (χ1n) is 13.0. The first kappa shape index (κ1) is 27.3. The van der Waals surface area contributed by atoms with Crippen molar-refractivity contribution in [1.29, 1.82) is 0 Å². The highest BCUT2D eigenvalue weighted by Gasteiger charge is 2.33. The number of aromatic nitrogens is 1. The third-order valence-corrected chi connectivity index (χ3v) is 8.67. The van der Waals surface area contributed by atoms with E-state index >= 15 is 0 Å². The summed E-state index contributed by atoms with van der Waals surface area (Å²) in [4.78, 5) is 14.2. The molecule has 1 fully saturated rings. The number of ether oxygens (including phenoxy) is 2. The van der Waals surface area contributed by atoms with E-state index in [1.807, 2.05) is 55.5 Å². The van der Waals surface area contributed by atoms with Crippen LogP contribution >= 0.6 is 11.6 Å². The molecule has 1 N–H and O–H groups in total. The lowest BCUT2D eigenvalue weighted by atomic mass is 10.0. The van der Waals surface area contributed by atoms with Gasteiger partial charge in [0.25, 0.3) is 5.56 Å². The minimum Gasteiger partial charge on any atom is -0.497 e. The van der Waals surface area contributed by atoms with E-state index in [1.54, 1.807) is 42.0 Å². The van der Waals surface area contributed by atoms with Gasteiger partial charge in [0.15, 0.2) is 5.75 Å². The Morgan fingerprint density at radius 3 is 2.46 bits per heavy atom. The van der Waals surface area contributed by atoms with E-state index in [0.717, 1.165) is 16.3 Å². The predicted octanol–water partition coefficient (Wildman–Crippen LogP) is 5.64. The third-order valence-electron chi connectivity index (χ3n) is 7.21. The highest BCUT2D eigenvalue weighted by atomic mass is 35.5. The molecule has 1 aromatic heterocycles. The first-order valence-corrected chi connectivity index (χ1v) is 14.8. The van der Waals surface area contributed by atoms with Crippen molar-refractivity contribution < 1.29 is 22.1 Å². The molecule has 0 bridgehead atoms. The molecular weight excluding hydrogens is 564 g/mol. The Hall–Kier alpha value is -3.89. The van der Waals surface area contributed by atoms with Crippen molar-refractivity contribution in [2.45, 2.75) is 30.6 Å². The fourth-order valence-electron chi connectivity index (χ4n) is 5.16. The van der Waals surface area contributed by atoms with E-state index in [4.69, 9.17) is 25.3 Å². The Kier molecular flexibility index (Phi) is 7.21. The molecule has 2 unspecified atom stereocenters. The Morgan fingerprint density at radius 1 is 1.00 bits per heavy atom. The molecule has 0 saturated carbocycles. The highest BCUT2D eigenvalue weighted by Crippen LogP contribution is 2.37. The molecule has 8 nitrogen and oxygen atoms in total. The van der Waals surface area contributed by atoms with Crippen LogP contribution in [-0.4, -0.2) is 32.9 Å². The van der Waals surface area contributed by atoms with Crippen LogP contribution in [0.4, 0.5) is 0 Å². The lowest BCUT2D eigenvalue weighted by Crippen LogP contribution is -2.33. The van der Waals surface area contributed by atoms with Crippen LogP contribution in [0.3, 0.4) is 0 Å². The van der Waals surface area contributed by atoms with E-state index in [9.17, 15) is 13.2 Å². The topological polar surface area (TPSA) is 95.9 Å². The van der Waals surface area contributed by atoms with Gasteiger partial charge in [0.05, 0.1) is 37.4 Å². The van der Waals surface area contributed by atoms with E-state index in [0.29, 0.717) is 21.7 Å². The van der Waals surface area contributed by atoms with Crippen LogP contribution in [0.15, 0.2) is 94.6 Å². The summed E-state index contributed by atoms with van der Waals surface area (Å²) in [5.74, 6) is 0.629. The minimum absolute atomic E-state index is 0.0243. The van der Waals surface area contributed by atoms with Crippen LogP contribution < -0.4 is 19.8 Å². The van der Waals surface area contributed by atoms with Gasteiger partial charge >= 0.3 is 10.1 Å². The summed E-state index contributed by atoms with van der Waals surface area (Å²) in [7, 11) is -2.76. The van der Waals surface area contributed by atoms with Crippen molar-refractivity contribution in [1.82, 2.24) is 9.88 Å². The fraction of sp³-hybridized carbons (Fsp3) is 0.194.